The molecule has 1 saturated heterocycles. The molecule has 1 aliphatic heterocycles. The summed E-state index contributed by atoms with van der Waals surface area (Å²) in [5, 5.41) is 2.72. The minimum absolute atomic E-state index is 0.0399. The smallest absolute Gasteiger partial charge is 0.242 e. The van der Waals surface area contributed by atoms with Crippen molar-refractivity contribution in [2.45, 2.75) is 18.6 Å². The summed E-state index contributed by atoms with van der Waals surface area (Å²) >= 11 is 4.57. The predicted octanol–water partition coefficient (Wildman–Crippen LogP) is 4.57. The second kappa shape index (κ2) is 8.67. The molecule has 0 spiro atoms. The van der Waals surface area contributed by atoms with Crippen molar-refractivity contribution in [1.29, 1.82) is 0 Å². The predicted molar refractivity (Wildman–Crippen MR) is 110 cm³/mol. The number of anilines is 1. The molecule has 0 radical (unpaired) electrons. The highest BCUT2D eigenvalue weighted by Gasteiger charge is 2.38. The topological polar surface area (TPSA) is 61.8 Å². The van der Waals surface area contributed by atoms with E-state index in [-0.39, 0.29) is 24.1 Å². The van der Waals surface area contributed by atoms with Crippen LogP contribution in [0.1, 0.15) is 13.3 Å². The Balaban J connectivity index is 1.70. The molecule has 1 atom stereocenters. The minimum atomic E-state index is -0.548. The number of thioether (sulfide) groups is 1. The Hall–Kier alpha value is -2.19. The molecule has 8 heteroatoms. The van der Waals surface area contributed by atoms with Crippen LogP contribution in [0.4, 0.5) is 15.8 Å². The molecular formula is C19H17BrFN3O2S. The van der Waals surface area contributed by atoms with Gasteiger partial charge < -0.3 is 5.32 Å². The summed E-state index contributed by atoms with van der Waals surface area (Å²) in [5.41, 5.74) is 1.10. The van der Waals surface area contributed by atoms with E-state index in [0.29, 0.717) is 23.1 Å². The van der Waals surface area contributed by atoms with Crippen molar-refractivity contribution < 1.29 is 14.0 Å². The molecule has 0 aliphatic carbocycles. The maximum atomic E-state index is 13.4. The molecule has 0 aromatic heterocycles. The standard InChI is InChI=1S/C19H17BrFN3O2S/c1-2-24-18(26)16(11-17(25)22-14-8-6-12(20)7-9-14)27-19(24)23-15-5-3-4-13(21)10-15/h3-10,16H,2,11H2,1H3,(H,22,25). The molecule has 2 amide bonds. The lowest BCUT2D eigenvalue weighted by molar-refractivity contribution is -0.128. The average Bonchev–Trinajstić information content (AvgIpc) is 2.91. The number of benzene rings is 2. The van der Waals surface area contributed by atoms with E-state index < -0.39 is 5.25 Å². The highest BCUT2D eigenvalue weighted by Crippen LogP contribution is 2.31. The Morgan fingerprint density at radius 1 is 1.30 bits per heavy atom. The van der Waals surface area contributed by atoms with E-state index in [1.54, 1.807) is 24.3 Å². The number of nitrogens with one attached hydrogen (secondary N) is 1. The molecule has 1 fully saturated rings. The lowest BCUT2D eigenvalue weighted by Crippen LogP contribution is -2.33. The third kappa shape index (κ3) is 4.95. The van der Waals surface area contributed by atoms with Crippen LogP contribution in [0, 0.1) is 5.82 Å². The number of hydrogen-bond acceptors (Lipinski definition) is 4. The summed E-state index contributed by atoms with van der Waals surface area (Å²) in [6.45, 7) is 2.27. The largest absolute Gasteiger partial charge is 0.326 e. The second-order valence-electron chi connectivity index (χ2n) is 5.82. The van der Waals surface area contributed by atoms with Gasteiger partial charge in [0.1, 0.15) is 11.1 Å². The molecule has 0 bridgehead atoms. The van der Waals surface area contributed by atoms with E-state index in [2.05, 4.69) is 26.2 Å². The number of hydrogen-bond donors (Lipinski definition) is 1. The van der Waals surface area contributed by atoms with Crippen LogP contribution < -0.4 is 5.32 Å². The monoisotopic (exact) mass is 449 g/mol. The normalized spacial score (nSPS) is 18.2. The van der Waals surface area contributed by atoms with E-state index in [0.717, 1.165) is 4.47 Å². The van der Waals surface area contributed by atoms with Gasteiger partial charge in [0.25, 0.3) is 0 Å². The average molecular weight is 450 g/mol. The third-order valence-electron chi connectivity index (χ3n) is 3.87. The van der Waals surface area contributed by atoms with Crippen molar-refractivity contribution in [2.75, 3.05) is 11.9 Å². The van der Waals surface area contributed by atoms with Gasteiger partial charge in [-0.05, 0) is 49.4 Å². The highest BCUT2D eigenvalue weighted by atomic mass is 79.9. The summed E-state index contributed by atoms with van der Waals surface area (Å²) in [7, 11) is 0. The lowest BCUT2D eigenvalue weighted by Gasteiger charge is -2.13. The molecule has 0 saturated carbocycles. The van der Waals surface area contributed by atoms with Crippen LogP contribution >= 0.6 is 27.7 Å². The number of aliphatic imine (C=N–C) groups is 1. The molecule has 1 heterocycles. The van der Waals surface area contributed by atoms with Crippen molar-refractivity contribution >= 4 is 56.0 Å². The molecule has 27 heavy (non-hydrogen) atoms. The van der Waals surface area contributed by atoms with Crippen molar-refractivity contribution in [1.82, 2.24) is 4.90 Å². The SMILES string of the molecule is CCN1C(=O)C(CC(=O)Nc2ccc(Br)cc2)SC1=Nc1cccc(F)c1. The fourth-order valence-corrected chi connectivity index (χ4v) is 4.07. The Bertz CT molecular complexity index is 889. The van der Waals surface area contributed by atoms with Gasteiger partial charge in [0, 0.05) is 23.1 Å². The van der Waals surface area contributed by atoms with Crippen LogP contribution in [-0.2, 0) is 9.59 Å². The molecule has 2 aromatic rings. The van der Waals surface area contributed by atoms with Crippen molar-refractivity contribution in [2.24, 2.45) is 4.99 Å². The Kier molecular flexibility index (Phi) is 6.28. The van der Waals surface area contributed by atoms with E-state index in [9.17, 15) is 14.0 Å². The van der Waals surface area contributed by atoms with E-state index in [1.807, 2.05) is 19.1 Å². The van der Waals surface area contributed by atoms with E-state index in [1.165, 1.54) is 28.8 Å². The summed E-state index contributed by atoms with van der Waals surface area (Å²) in [4.78, 5) is 30.8. The van der Waals surface area contributed by atoms with Crippen molar-refractivity contribution in [3.8, 4) is 0 Å². The number of nitrogens with zero attached hydrogens (tertiary/aromatic N) is 2. The molecule has 1 unspecified atom stereocenters. The molecule has 1 N–H and O–H groups in total. The maximum Gasteiger partial charge on any atom is 0.242 e. The van der Waals surface area contributed by atoms with E-state index >= 15 is 0 Å². The summed E-state index contributed by atoms with van der Waals surface area (Å²) < 4.78 is 14.3. The summed E-state index contributed by atoms with van der Waals surface area (Å²) in [5.74, 6) is -0.797. The number of carbonyl (C=O) groups is 2. The van der Waals surface area contributed by atoms with Crippen molar-refractivity contribution in [3.63, 3.8) is 0 Å². The minimum Gasteiger partial charge on any atom is -0.326 e. The molecule has 1 aliphatic rings. The van der Waals surface area contributed by atoms with Gasteiger partial charge in [-0.2, -0.15) is 0 Å². The zero-order valence-electron chi connectivity index (χ0n) is 14.5. The summed E-state index contributed by atoms with van der Waals surface area (Å²) in [6, 6.07) is 13.1. The van der Waals surface area contributed by atoms with Crippen LogP contribution in [0.2, 0.25) is 0 Å². The zero-order valence-corrected chi connectivity index (χ0v) is 16.9. The maximum absolute atomic E-state index is 13.4. The molecule has 2 aromatic carbocycles. The van der Waals surface area contributed by atoms with Crippen LogP contribution in [0.5, 0.6) is 0 Å². The van der Waals surface area contributed by atoms with Gasteiger partial charge in [0.15, 0.2) is 5.17 Å². The quantitative estimate of drug-likeness (QED) is 0.726. The molecule has 3 rings (SSSR count). The van der Waals surface area contributed by atoms with Gasteiger partial charge in [-0.1, -0.05) is 33.8 Å². The van der Waals surface area contributed by atoms with Gasteiger partial charge in [0.2, 0.25) is 11.8 Å². The molecule has 5 nitrogen and oxygen atoms in total. The van der Waals surface area contributed by atoms with Gasteiger partial charge in [-0.15, -0.1) is 0 Å². The van der Waals surface area contributed by atoms with Crippen molar-refractivity contribution in [3.05, 3.63) is 58.8 Å². The third-order valence-corrected chi connectivity index (χ3v) is 5.57. The van der Waals surface area contributed by atoms with Crippen LogP contribution in [0.3, 0.4) is 0 Å². The molecule has 140 valence electrons. The van der Waals surface area contributed by atoms with Gasteiger partial charge in [0.05, 0.1) is 5.69 Å². The highest BCUT2D eigenvalue weighted by molar-refractivity contribution is 9.10. The second-order valence-corrected chi connectivity index (χ2v) is 7.91. The van der Waals surface area contributed by atoms with Crippen LogP contribution in [0.25, 0.3) is 0 Å². The summed E-state index contributed by atoms with van der Waals surface area (Å²) in [6.07, 6.45) is 0.0399. The zero-order chi connectivity index (χ0) is 19.4. The first-order valence-corrected chi connectivity index (χ1v) is 10.0. The first-order valence-electron chi connectivity index (χ1n) is 8.34. The molecular weight excluding hydrogens is 433 g/mol. The Morgan fingerprint density at radius 2 is 2.04 bits per heavy atom. The number of rotatable bonds is 5. The van der Waals surface area contributed by atoms with Crippen LogP contribution in [-0.4, -0.2) is 33.7 Å². The number of amides is 2. The van der Waals surface area contributed by atoms with Gasteiger partial charge >= 0.3 is 0 Å². The first kappa shape index (κ1) is 19.6. The fraction of sp³-hybridized carbons (Fsp3) is 0.211. The number of carbonyl (C=O) groups excluding carboxylic acids is 2. The first-order chi connectivity index (χ1) is 13.0. The van der Waals surface area contributed by atoms with E-state index in [4.69, 9.17) is 0 Å². The number of halogens is 2. The number of amidine groups is 1. The Morgan fingerprint density at radius 3 is 2.70 bits per heavy atom. The lowest BCUT2D eigenvalue weighted by atomic mass is 10.2. The Labute approximate surface area is 169 Å². The van der Waals surface area contributed by atoms with Crippen LogP contribution in [0.15, 0.2) is 58.0 Å². The van der Waals surface area contributed by atoms with Gasteiger partial charge in [-0.25, -0.2) is 9.38 Å². The fourth-order valence-electron chi connectivity index (χ4n) is 2.59. The van der Waals surface area contributed by atoms with Gasteiger partial charge in [-0.3, -0.25) is 14.5 Å².